The Kier molecular flexibility index (Phi) is 5.49. The summed E-state index contributed by atoms with van der Waals surface area (Å²) in [6.45, 7) is 5.27. The van der Waals surface area contributed by atoms with E-state index in [1.807, 2.05) is 0 Å². The van der Waals surface area contributed by atoms with Gasteiger partial charge in [0.25, 0.3) is 0 Å². The molecule has 0 radical (unpaired) electrons. The van der Waals surface area contributed by atoms with Gasteiger partial charge in [-0.3, -0.25) is 0 Å². The quantitative estimate of drug-likeness (QED) is 0.390. The number of aliphatic hydroxyl groups excluding tert-OH is 3. The zero-order valence-electron chi connectivity index (χ0n) is 10.5. The second-order valence-electron chi connectivity index (χ2n) is 4.08. The van der Waals surface area contributed by atoms with Crippen LogP contribution < -0.4 is 0 Å². The molecular formula is C12H18O7. The first kappa shape index (κ1) is 15.6. The van der Waals surface area contributed by atoms with Gasteiger partial charge in [0.1, 0.15) is 18.3 Å². The predicted octanol–water partition coefficient (Wildman–Crippen LogP) is -0.625. The standard InChI is InChI=1S/C12H18O7/c1-3-5-6(4-2)18-12-9(15)7(13)8(14)10(19-12)11(16)17/h3,5,7-10,12-15H,1,4H2,2H3,(H,16,17)/b6-5+/t7-,8-,9+,10-,12-/m0/s1. The zero-order valence-corrected chi connectivity index (χ0v) is 10.5. The van der Waals surface area contributed by atoms with Crippen LogP contribution in [0.15, 0.2) is 24.5 Å². The fraction of sp³-hybridized carbons (Fsp3) is 0.583. The number of hydrogen-bond acceptors (Lipinski definition) is 6. The van der Waals surface area contributed by atoms with E-state index in [-0.39, 0.29) is 0 Å². The number of aliphatic hydroxyl groups is 3. The van der Waals surface area contributed by atoms with E-state index in [4.69, 9.17) is 14.6 Å². The first-order valence-corrected chi connectivity index (χ1v) is 5.83. The van der Waals surface area contributed by atoms with Crippen LogP contribution in [0.25, 0.3) is 0 Å². The van der Waals surface area contributed by atoms with Crippen LogP contribution in [0.2, 0.25) is 0 Å². The maximum Gasteiger partial charge on any atom is 0.335 e. The summed E-state index contributed by atoms with van der Waals surface area (Å²) >= 11 is 0. The topological polar surface area (TPSA) is 116 Å². The van der Waals surface area contributed by atoms with Gasteiger partial charge in [0.2, 0.25) is 6.29 Å². The molecule has 0 aromatic heterocycles. The molecule has 1 aliphatic rings. The second kappa shape index (κ2) is 6.67. The van der Waals surface area contributed by atoms with Gasteiger partial charge in [0, 0.05) is 6.42 Å². The number of carboxylic acids is 1. The summed E-state index contributed by atoms with van der Waals surface area (Å²) < 4.78 is 10.2. The summed E-state index contributed by atoms with van der Waals surface area (Å²) in [6, 6.07) is 0. The van der Waals surface area contributed by atoms with Gasteiger partial charge in [-0.1, -0.05) is 19.6 Å². The van der Waals surface area contributed by atoms with E-state index in [0.29, 0.717) is 12.2 Å². The average molecular weight is 274 g/mol. The maximum absolute atomic E-state index is 10.9. The van der Waals surface area contributed by atoms with Gasteiger partial charge in [0.15, 0.2) is 6.10 Å². The third-order valence-corrected chi connectivity index (χ3v) is 2.73. The van der Waals surface area contributed by atoms with Crippen molar-refractivity contribution in [2.75, 3.05) is 0 Å². The van der Waals surface area contributed by atoms with Crippen molar-refractivity contribution in [3.63, 3.8) is 0 Å². The van der Waals surface area contributed by atoms with Gasteiger partial charge in [0.05, 0.1) is 5.76 Å². The van der Waals surface area contributed by atoms with Crippen molar-refractivity contribution in [1.29, 1.82) is 0 Å². The van der Waals surface area contributed by atoms with Crippen LogP contribution in [-0.4, -0.2) is 57.1 Å². The molecule has 7 heteroatoms. The van der Waals surface area contributed by atoms with Crippen molar-refractivity contribution in [3.05, 3.63) is 24.5 Å². The van der Waals surface area contributed by atoms with Crippen molar-refractivity contribution in [2.45, 2.75) is 44.1 Å². The molecule has 0 aliphatic carbocycles. The van der Waals surface area contributed by atoms with E-state index >= 15 is 0 Å². The molecule has 0 amide bonds. The molecule has 0 saturated carbocycles. The van der Waals surface area contributed by atoms with E-state index in [1.165, 1.54) is 12.2 Å². The summed E-state index contributed by atoms with van der Waals surface area (Å²) in [7, 11) is 0. The lowest BCUT2D eigenvalue weighted by molar-refractivity contribution is -0.284. The lowest BCUT2D eigenvalue weighted by Gasteiger charge is -2.38. The van der Waals surface area contributed by atoms with E-state index in [0.717, 1.165) is 0 Å². The highest BCUT2D eigenvalue weighted by molar-refractivity contribution is 5.73. The molecule has 0 bridgehead atoms. The molecule has 5 atom stereocenters. The first-order chi connectivity index (χ1) is 8.92. The Hall–Kier alpha value is -1.41. The minimum Gasteiger partial charge on any atom is -0.479 e. The SMILES string of the molecule is C=C/C=C(\CC)O[C@H]1O[C@H](C(=O)O)[C@@H](O)[C@H](O)[C@H]1O. The highest BCUT2D eigenvalue weighted by Crippen LogP contribution is 2.24. The van der Waals surface area contributed by atoms with E-state index in [2.05, 4.69) is 6.58 Å². The summed E-state index contributed by atoms with van der Waals surface area (Å²) in [6.07, 6.45) is -4.50. The minimum absolute atomic E-state index is 0.409. The Morgan fingerprint density at radius 3 is 2.42 bits per heavy atom. The highest BCUT2D eigenvalue weighted by Gasteiger charge is 2.48. The molecule has 0 unspecified atom stereocenters. The molecule has 0 aromatic rings. The maximum atomic E-state index is 10.9. The van der Waals surface area contributed by atoms with Crippen molar-refractivity contribution in [2.24, 2.45) is 0 Å². The number of hydrogen-bond donors (Lipinski definition) is 4. The molecule has 1 fully saturated rings. The highest BCUT2D eigenvalue weighted by atomic mass is 16.7. The number of allylic oxidation sites excluding steroid dienone is 3. The van der Waals surface area contributed by atoms with Crippen molar-refractivity contribution < 1.29 is 34.7 Å². The molecule has 0 aromatic carbocycles. The van der Waals surface area contributed by atoms with Crippen LogP contribution in [0.1, 0.15) is 13.3 Å². The van der Waals surface area contributed by atoms with Gasteiger partial charge in [-0.15, -0.1) is 0 Å². The number of rotatable bonds is 5. The van der Waals surface area contributed by atoms with Gasteiger partial charge in [-0.05, 0) is 6.08 Å². The van der Waals surface area contributed by atoms with Crippen LogP contribution in [-0.2, 0) is 14.3 Å². The molecule has 1 saturated heterocycles. The van der Waals surface area contributed by atoms with Crippen LogP contribution in [0.4, 0.5) is 0 Å². The molecule has 4 N–H and O–H groups in total. The molecular weight excluding hydrogens is 256 g/mol. The predicted molar refractivity (Wildman–Crippen MR) is 64.0 cm³/mol. The Balaban J connectivity index is 2.85. The van der Waals surface area contributed by atoms with Gasteiger partial charge in [-0.25, -0.2) is 4.79 Å². The van der Waals surface area contributed by atoms with Gasteiger partial charge < -0.3 is 29.9 Å². The number of carboxylic acid groups (broad SMARTS) is 1. The third-order valence-electron chi connectivity index (χ3n) is 2.73. The van der Waals surface area contributed by atoms with Gasteiger partial charge in [-0.2, -0.15) is 0 Å². The van der Waals surface area contributed by atoms with Gasteiger partial charge >= 0.3 is 5.97 Å². The zero-order chi connectivity index (χ0) is 14.6. The molecule has 1 aliphatic heterocycles. The lowest BCUT2D eigenvalue weighted by atomic mass is 9.99. The van der Waals surface area contributed by atoms with Crippen molar-refractivity contribution in [3.8, 4) is 0 Å². The molecule has 1 rings (SSSR count). The summed E-state index contributed by atoms with van der Waals surface area (Å²) in [5.41, 5.74) is 0. The van der Waals surface area contributed by atoms with Crippen LogP contribution in [0, 0.1) is 0 Å². The Labute approximate surface area is 110 Å². The Bertz CT molecular complexity index is 365. The van der Waals surface area contributed by atoms with E-state index < -0.39 is 36.7 Å². The van der Waals surface area contributed by atoms with Crippen molar-refractivity contribution in [1.82, 2.24) is 0 Å². The molecule has 1 heterocycles. The monoisotopic (exact) mass is 274 g/mol. The molecule has 7 nitrogen and oxygen atoms in total. The van der Waals surface area contributed by atoms with Crippen LogP contribution >= 0.6 is 0 Å². The molecule has 108 valence electrons. The summed E-state index contributed by atoms with van der Waals surface area (Å²) in [5, 5.41) is 37.7. The fourth-order valence-electron chi connectivity index (χ4n) is 1.67. The third kappa shape index (κ3) is 3.54. The van der Waals surface area contributed by atoms with Crippen molar-refractivity contribution >= 4 is 5.97 Å². The average Bonchev–Trinajstić information content (AvgIpc) is 2.38. The first-order valence-electron chi connectivity index (χ1n) is 5.83. The molecule has 0 spiro atoms. The Morgan fingerprint density at radius 2 is 1.95 bits per heavy atom. The number of carbonyl (C=O) groups is 1. The Morgan fingerprint density at radius 1 is 1.32 bits per heavy atom. The van der Waals surface area contributed by atoms with Crippen LogP contribution in [0.3, 0.4) is 0 Å². The minimum atomic E-state index is -1.72. The van der Waals surface area contributed by atoms with Crippen LogP contribution in [0.5, 0.6) is 0 Å². The smallest absolute Gasteiger partial charge is 0.335 e. The number of ether oxygens (including phenoxy) is 2. The number of aliphatic carboxylic acids is 1. The van der Waals surface area contributed by atoms with E-state index in [1.54, 1.807) is 6.92 Å². The normalized spacial score (nSPS) is 35.8. The lowest BCUT2D eigenvalue weighted by Crippen LogP contribution is -2.60. The largest absolute Gasteiger partial charge is 0.479 e. The van der Waals surface area contributed by atoms with E-state index in [9.17, 15) is 20.1 Å². The molecule has 19 heavy (non-hydrogen) atoms. The second-order valence-corrected chi connectivity index (χ2v) is 4.08. The summed E-state index contributed by atoms with van der Waals surface area (Å²) in [5.74, 6) is -1.04. The summed E-state index contributed by atoms with van der Waals surface area (Å²) in [4.78, 5) is 10.9. The fourth-order valence-corrected chi connectivity index (χ4v) is 1.67.